The molecule has 7 heteroatoms. The van der Waals surface area contributed by atoms with Crippen LogP contribution in [0.4, 0.5) is 0 Å². The third-order valence-electron chi connectivity index (χ3n) is 4.84. The molecule has 0 aliphatic heterocycles. The Kier molecular flexibility index (Phi) is 6.73. The van der Waals surface area contributed by atoms with E-state index < -0.39 is 10.0 Å². The van der Waals surface area contributed by atoms with Crippen molar-refractivity contribution in [2.45, 2.75) is 52.0 Å². The summed E-state index contributed by atoms with van der Waals surface area (Å²) in [6.45, 7) is 10.5. The lowest BCUT2D eigenvalue weighted by atomic mass is 10.0. The van der Waals surface area contributed by atoms with Gasteiger partial charge in [-0.3, -0.25) is 0 Å². The fourth-order valence-electron chi connectivity index (χ4n) is 3.12. The van der Waals surface area contributed by atoms with Crippen molar-refractivity contribution in [1.82, 2.24) is 14.4 Å². The van der Waals surface area contributed by atoms with E-state index in [1.807, 2.05) is 57.2 Å². The molecule has 0 saturated carbocycles. The highest BCUT2D eigenvalue weighted by Gasteiger charge is 2.27. The Morgan fingerprint density at radius 1 is 0.967 bits per heavy atom. The Labute approximate surface area is 179 Å². The lowest BCUT2D eigenvalue weighted by Gasteiger charge is -2.22. The number of aromatic nitrogens is 2. The molecule has 2 aromatic carbocycles. The van der Waals surface area contributed by atoms with E-state index in [-0.39, 0.29) is 23.2 Å². The molecule has 1 aromatic heterocycles. The van der Waals surface area contributed by atoms with E-state index in [0.29, 0.717) is 18.3 Å². The molecule has 3 rings (SSSR count). The van der Waals surface area contributed by atoms with Gasteiger partial charge in [0.2, 0.25) is 21.7 Å². The first-order chi connectivity index (χ1) is 14.2. The smallest absolute Gasteiger partial charge is 0.243 e. The minimum atomic E-state index is -3.69. The van der Waals surface area contributed by atoms with E-state index in [1.54, 1.807) is 12.1 Å². The molecule has 1 heterocycles. The van der Waals surface area contributed by atoms with Crippen LogP contribution in [0.15, 0.2) is 57.9 Å². The largest absolute Gasteiger partial charge is 0.338 e. The lowest BCUT2D eigenvalue weighted by molar-refractivity contribution is 0.298. The fraction of sp³-hybridized carbons (Fsp3) is 0.391. The number of hydrogen-bond acceptors (Lipinski definition) is 5. The molecule has 0 aliphatic carbocycles. The zero-order valence-electron chi connectivity index (χ0n) is 18.2. The molecule has 6 nitrogen and oxygen atoms in total. The Morgan fingerprint density at radius 3 is 2.17 bits per heavy atom. The van der Waals surface area contributed by atoms with Crippen molar-refractivity contribution in [3.63, 3.8) is 0 Å². The third-order valence-corrected chi connectivity index (χ3v) is 6.67. The standard InChI is InChI=1S/C23H29N3O3S/c1-16(2)14-26(30(27,28)21-12-10-19(11-13-21)17(3)4)15-22-24-23(25-29-22)20-8-6-18(5)7-9-20/h6-13,16-17H,14-15H2,1-5H3. The minimum absolute atomic E-state index is 0.0330. The van der Waals surface area contributed by atoms with Crippen LogP contribution in [0.5, 0.6) is 0 Å². The van der Waals surface area contributed by atoms with E-state index in [1.165, 1.54) is 4.31 Å². The van der Waals surface area contributed by atoms with E-state index in [9.17, 15) is 8.42 Å². The number of hydrogen-bond donors (Lipinski definition) is 0. The predicted octanol–water partition coefficient (Wildman–Crippen LogP) is 5.02. The van der Waals surface area contributed by atoms with E-state index in [4.69, 9.17) is 4.52 Å². The zero-order chi connectivity index (χ0) is 21.9. The van der Waals surface area contributed by atoms with Crippen molar-refractivity contribution < 1.29 is 12.9 Å². The molecule has 0 bridgehead atoms. The highest BCUT2D eigenvalue weighted by Crippen LogP contribution is 2.23. The van der Waals surface area contributed by atoms with Gasteiger partial charge in [0.1, 0.15) is 0 Å². The summed E-state index contributed by atoms with van der Waals surface area (Å²) in [4.78, 5) is 4.69. The van der Waals surface area contributed by atoms with Gasteiger partial charge in [0.25, 0.3) is 0 Å². The molecule has 0 saturated heterocycles. The molecule has 0 fully saturated rings. The number of aryl methyl sites for hydroxylation is 1. The van der Waals surface area contributed by atoms with Gasteiger partial charge in [-0.1, -0.05) is 74.8 Å². The van der Waals surface area contributed by atoms with Crippen LogP contribution in [0, 0.1) is 12.8 Å². The van der Waals surface area contributed by atoms with Crippen LogP contribution >= 0.6 is 0 Å². The van der Waals surface area contributed by atoms with Crippen molar-refractivity contribution in [3.05, 3.63) is 65.5 Å². The number of nitrogens with zero attached hydrogens (tertiary/aromatic N) is 3. The van der Waals surface area contributed by atoms with Gasteiger partial charge < -0.3 is 4.52 Å². The molecule has 30 heavy (non-hydrogen) atoms. The Bertz CT molecular complexity index is 1070. The number of rotatable bonds is 8. The van der Waals surface area contributed by atoms with Gasteiger partial charge in [-0.25, -0.2) is 8.42 Å². The molecule has 0 amide bonds. The van der Waals surface area contributed by atoms with Crippen molar-refractivity contribution >= 4 is 10.0 Å². The average molecular weight is 428 g/mol. The van der Waals surface area contributed by atoms with Gasteiger partial charge in [0.05, 0.1) is 11.4 Å². The topological polar surface area (TPSA) is 76.3 Å². The predicted molar refractivity (Wildman–Crippen MR) is 117 cm³/mol. The number of sulfonamides is 1. The maximum Gasteiger partial charge on any atom is 0.243 e. The first-order valence-corrected chi connectivity index (χ1v) is 11.6. The van der Waals surface area contributed by atoms with Crippen molar-refractivity contribution in [2.24, 2.45) is 5.92 Å². The highest BCUT2D eigenvalue weighted by atomic mass is 32.2. The van der Waals surface area contributed by atoms with Gasteiger partial charge in [0.15, 0.2) is 0 Å². The highest BCUT2D eigenvalue weighted by molar-refractivity contribution is 7.89. The van der Waals surface area contributed by atoms with Crippen molar-refractivity contribution in [3.8, 4) is 11.4 Å². The maximum atomic E-state index is 13.3. The zero-order valence-corrected chi connectivity index (χ0v) is 19.0. The molecular formula is C23H29N3O3S. The first kappa shape index (κ1) is 22.2. The summed E-state index contributed by atoms with van der Waals surface area (Å²) in [7, 11) is -3.69. The fourth-order valence-corrected chi connectivity index (χ4v) is 4.67. The summed E-state index contributed by atoms with van der Waals surface area (Å²) in [5.41, 5.74) is 3.07. The van der Waals surface area contributed by atoms with Crippen LogP contribution < -0.4 is 0 Å². The van der Waals surface area contributed by atoms with E-state index in [2.05, 4.69) is 24.0 Å². The van der Waals surface area contributed by atoms with Gasteiger partial charge in [-0.05, 0) is 36.5 Å². The van der Waals surface area contributed by atoms with Crippen molar-refractivity contribution in [1.29, 1.82) is 0 Å². The van der Waals surface area contributed by atoms with E-state index in [0.717, 1.165) is 16.7 Å². The summed E-state index contributed by atoms with van der Waals surface area (Å²) in [6.07, 6.45) is 0. The quantitative estimate of drug-likeness (QED) is 0.505. The Morgan fingerprint density at radius 2 is 1.60 bits per heavy atom. The summed E-state index contributed by atoms with van der Waals surface area (Å²) >= 11 is 0. The molecule has 0 atom stereocenters. The van der Waals surface area contributed by atoms with Crippen LogP contribution in [0.2, 0.25) is 0 Å². The molecule has 0 spiro atoms. The molecule has 0 aliphatic rings. The monoisotopic (exact) mass is 427 g/mol. The molecule has 0 unspecified atom stereocenters. The van der Waals surface area contributed by atoms with Gasteiger partial charge in [-0.15, -0.1) is 0 Å². The Hall–Kier alpha value is -2.51. The Balaban J connectivity index is 1.86. The van der Waals surface area contributed by atoms with E-state index >= 15 is 0 Å². The van der Waals surface area contributed by atoms with Crippen LogP contribution in [0.25, 0.3) is 11.4 Å². The summed E-state index contributed by atoms with van der Waals surface area (Å²) < 4.78 is 33.4. The second-order valence-corrected chi connectivity index (χ2v) is 10.2. The van der Waals surface area contributed by atoms with Crippen LogP contribution in [0.1, 0.15) is 50.6 Å². The van der Waals surface area contributed by atoms with Crippen LogP contribution in [0.3, 0.4) is 0 Å². The first-order valence-electron chi connectivity index (χ1n) is 10.2. The summed E-state index contributed by atoms with van der Waals surface area (Å²) in [5.74, 6) is 1.21. The second-order valence-electron chi connectivity index (χ2n) is 8.29. The molecule has 160 valence electrons. The normalized spacial score (nSPS) is 12.3. The molecule has 3 aromatic rings. The number of benzene rings is 2. The van der Waals surface area contributed by atoms with Gasteiger partial charge in [-0.2, -0.15) is 9.29 Å². The third kappa shape index (κ3) is 5.15. The average Bonchev–Trinajstić information content (AvgIpc) is 3.16. The van der Waals surface area contributed by atoms with Crippen LogP contribution in [-0.4, -0.2) is 29.4 Å². The summed E-state index contributed by atoms with van der Waals surface area (Å²) in [6, 6.07) is 14.9. The second kappa shape index (κ2) is 9.10. The van der Waals surface area contributed by atoms with Gasteiger partial charge in [0, 0.05) is 12.1 Å². The SMILES string of the molecule is Cc1ccc(-c2noc(CN(CC(C)C)S(=O)(=O)c3ccc(C(C)C)cc3)n2)cc1. The maximum absolute atomic E-state index is 13.3. The van der Waals surface area contributed by atoms with Crippen molar-refractivity contribution in [2.75, 3.05) is 6.54 Å². The molecule has 0 N–H and O–H groups in total. The molecular weight excluding hydrogens is 398 g/mol. The molecule has 0 radical (unpaired) electrons. The lowest BCUT2D eigenvalue weighted by Crippen LogP contribution is -2.34. The van der Waals surface area contributed by atoms with Crippen LogP contribution in [-0.2, 0) is 16.6 Å². The summed E-state index contributed by atoms with van der Waals surface area (Å²) in [5, 5.41) is 4.03. The van der Waals surface area contributed by atoms with Gasteiger partial charge >= 0.3 is 0 Å². The minimum Gasteiger partial charge on any atom is -0.338 e.